The molecule has 0 spiro atoms. The number of nitrogens with zero attached hydrogens (tertiary/aromatic N) is 3. The Labute approximate surface area is 200 Å². The van der Waals surface area contributed by atoms with Crippen LogP contribution in [0.3, 0.4) is 0 Å². The molecule has 9 heteroatoms. The van der Waals surface area contributed by atoms with Crippen LogP contribution in [0, 0.1) is 6.92 Å². The van der Waals surface area contributed by atoms with E-state index in [1.165, 1.54) is 9.75 Å². The Morgan fingerprint density at radius 2 is 2.00 bits per heavy atom. The lowest BCUT2D eigenvalue weighted by Gasteiger charge is -2.34. The zero-order valence-electron chi connectivity index (χ0n) is 18.4. The van der Waals surface area contributed by atoms with Gasteiger partial charge < -0.3 is 19.9 Å². The van der Waals surface area contributed by atoms with E-state index in [9.17, 15) is 0 Å². The summed E-state index contributed by atoms with van der Waals surface area (Å²) in [5.74, 6) is 1.74. The Balaban J connectivity index is 0.00000320. The van der Waals surface area contributed by atoms with Gasteiger partial charge in [-0.15, -0.1) is 35.3 Å². The molecule has 0 saturated carbocycles. The van der Waals surface area contributed by atoms with Crippen molar-refractivity contribution in [2.75, 3.05) is 39.9 Å². The second-order valence-corrected chi connectivity index (χ2v) is 8.48. The molecule has 1 fully saturated rings. The minimum Gasteiger partial charge on any atom is -0.379 e. The van der Waals surface area contributed by atoms with Crippen LogP contribution < -0.4 is 10.6 Å². The van der Waals surface area contributed by atoms with Crippen LogP contribution in [0.4, 0.5) is 0 Å². The topological polar surface area (TPSA) is 74.9 Å². The van der Waals surface area contributed by atoms with Crippen LogP contribution in [0.2, 0.25) is 0 Å². The molecular formula is C21H34IN5O2S. The van der Waals surface area contributed by atoms with Gasteiger partial charge in [-0.05, 0) is 25.5 Å². The Morgan fingerprint density at radius 1 is 1.23 bits per heavy atom. The van der Waals surface area contributed by atoms with Crippen LogP contribution in [-0.2, 0) is 24.1 Å². The van der Waals surface area contributed by atoms with E-state index in [2.05, 4.69) is 58.6 Å². The molecule has 0 aliphatic carbocycles. The third kappa shape index (κ3) is 6.41. The minimum absolute atomic E-state index is 0. The molecule has 2 N–H and O–H groups in total. The fourth-order valence-corrected chi connectivity index (χ4v) is 4.67. The fraction of sp³-hybridized carbons (Fsp3) is 0.619. The molecular weight excluding hydrogens is 513 g/mol. The monoisotopic (exact) mass is 547 g/mol. The van der Waals surface area contributed by atoms with Gasteiger partial charge in [0.15, 0.2) is 5.96 Å². The highest BCUT2D eigenvalue weighted by molar-refractivity contribution is 14.0. The Morgan fingerprint density at radius 3 is 2.60 bits per heavy atom. The number of aryl methyl sites for hydroxylation is 3. The summed E-state index contributed by atoms with van der Waals surface area (Å²) in [5, 5.41) is 11.2. The highest BCUT2D eigenvalue weighted by Gasteiger charge is 2.24. The third-order valence-electron chi connectivity index (χ3n) is 5.30. The van der Waals surface area contributed by atoms with Crippen molar-refractivity contribution >= 4 is 41.3 Å². The van der Waals surface area contributed by atoms with E-state index < -0.39 is 0 Å². The number of hydrogen-bond donors (Lipinski definition) is 2. The van der Waals surface area contributed by atoms with E-state index >= 15 is 0 Å². The second-order valence-electron chi connectivity index (χ2n) is 7.16. The SMILES string of the molecule is CCc1noc(CC)c1CNC(=NC)NCC(c1ccc(C)s1)N1CCOCC1.I. The van der Waals surface area contributed by atoms with Gasteiger partial charge in [-0.2, -0.15) is 0 Å². The van der Waals surface area contributed by atoms with Crippen LogP contribution >= 0.6 is 35.3 Å². The molecule has 1 unspecified atom stereocenters. The van der Waals surface area contributed by atoms with Gasteiger partial charge in [-0.1, -0.05) is 19.0 Å². The number of aliphatic imine (C=N–C) groups is 1. The molecule has 30 heavy (non-hydrogen) atoms. The van der Waals surface area contributed by atoms with E-state index in [-0.39, 0.29) is 24.0 Å². The van der Waals surface area contributed by atoms with Crippen LogP contribution in [0.1, 0.15) is 46.7 Å². The number of ether oxygens (including phenoxy) is 1. The first-order valence-electron chi connectivity index (χ1n) is 10.4. The van der Waals surface area contributed by atoms with Crippen LogP contribution in [0.15, 0.2) is 21.6 Å². The normalized spacial score (nSPS) is 16.2. The molecule has 3 rings (SSSR count). The summed E-state index contributed by atoms with van der Waals surface area (Å²) in [6, 6.07) is 4.75. The lowest BCUT2D eigenvalue weighted by molar-refractivity contribution is 0.0177. The van der Waals surface area contributed by atoms with Crippen LogP contribution in [-0.4, -0.2) is 55.9 Å². The highest BCUT2D eigenvalue weighted by Crippen LogP contribution is 2.28. The third-order valence-corrected chi connectivity index (χ3v) is 6.40. The highest BCUT2D eigenvalue weighted by atomic mass is 127. The maximum absolute atomic E-state index is 5.55. The van der Waals surface area contributed by atoms with Crippen molar-refractivity contribution in [3.8, 4) is 0 Å². The van der Waals surface area contributed by atoms with Crippen molar-refractivity contribution in [1.29, 1.82) is 0 Å². The van der Waals surface area contributed by atoms with E-state index in [1.807, 2.05) is 18.4 Å². The Bertz CT molecular complexity index is 780. The molecule has 168 valence electrons. The minimum atomic E-state index is 0. The number of halogens is 1. The Hall–Kier alpha value is -1.17. The van der Waals surface area contributed by atoms with Gasteiger partial charge in [0.05, 0.1) is 24.9 Å². The van der Waals surface area contributed by atoms with E-state index in [0.29, 0.717) is 12.6 Å². The molecule has 2 aromatic heterocycles. The summed E-state index contributed by atoms with van der Waals surface area (Å²) < 4.78 is 11.0. The molecule has 7 nitrogen and oxygen atoms in total. The number of guanidine groups is 1. The van der Waals surface area contributed by atoms with Gasteiger partial charge in [0.1, 0.15) is 5.76 Å². The average molecular weight is 548 g/mol. The van der Waals surface area contributed by atoms with Crippen molar-refractivity contribution in [1.82, 2.24) is 20.7 Å². The Kier molecular flexibility index (Phi) is 10.6. The van der Waals surface area contributed by atoms with Gasteiger partial charge in [0.25, 0.3) is 0 Å². The molecule has 2 aromatic rings. The van der Waals surface area contributed by atoms with Gasteiger partial charge in [-0.3, -0.25) is 9.89 Å². The lowest BCUT2D eigenvalue weighted by Crippen LogP contribution is -2.46. The predicted molar refractivity (Wildman–Crippen MR) is 133 cm³/mol. The van der Waals surface area contributed by atoms with E-state index in [0.717, 1.165) is 68.7 Å². The van der Waals surface area contributed by atoms with Crippen molar-refractivity contribution in [3.63, 3.8) is 0 Å². The molecule has 0 amide bonds. The van der Waals surface area contributed by atoms with Gasteiger partial charge >= 0.3 is 0 Å². The van der Waals surface area contributed by atoms with E-state index in [4.69, 9.17) is 9.26 Å². The van der Waals surface area contributed by atoms with Crippen molar-refractivity contribution in [3.05, 3.63) is 38.9 Å². The summed E-state index contributed by atoms with van der Waals surface area (Å²) in [6.07, 6.45) is 1.70. The molecule has 3 heterocycles. The number of aromatic nitrogens is 1. The van der Waals surface area contributed by atoms with Crippen LogP contribution in [0.5, 0.6) is 0 Å². The molecule has 1 saturated heterocycles. The van der Waals surface area contributed by atoms with Crippen LogP contribution in [0.25, 0.3) is 0 Å². The molecule has 1 aliphatic rings. The molecule has 0 bridgehead atoms. The molecule has 0 radical (unpaired) electrons. The predicted octanol–water partition coefficient (Wildman–Crippen LogP) is 3.53. The maximum atomic E-state index is 5.55. The zero-order chi connectivity index (χ0) is 20.6. The smallest absolute Gasteiger partial charge is 0.191 e. The second kappa shape index (κ2) is 12.6. The zero-order valence-corrected chi connectivity index (χ0v) is 21.5. The first-order valence-corrected chi connectivity index (χ1v) is 11.3. The number of nitrogens with one attached hydrogen (secondary N) is 2. The van der Waals surface area contributed by atoms with Crippen molar-refractivity contribution in [2.24, 2.45) is 4.99 Å². The molecule has 0 aromatic carbocycles. The summed E-state index contributed by atoms with van der Waals surface area (Å²) in [6.45, 7) is 11.3. The number of rotatable bonds is 8. The molecule has 1 atom stereocenters. The first-order chi connectivity index (χ1) is 14.2. The average Bonchev–Trinajstić information content (AvgIpc) is 3.36. The van der Waals surface area contributed by atoms with Crippen molar-refractivity contribution < 1.29 is 9.26 Å². The number of morpholine rings is 1. The van der Waals surface area contributed by atoms with E-state index in [1.54, 1.807) is 0 Å². The summed E-state index contributed by atoms with van der Waals surface area (Å²) in [7, 11) is 1.81. The van der Waals surface area contributed by atoms with Gasteiger partial charge in [0, 0.05) is 55.0 Å². The summed E-state index contributed by atoms with van der Waals surface area (Å²) in [4.78, 5) is 9.64. The number of hydrogen-bond acceptors (Lipinski definition) is 6. The quantitative estimate of drug-likeness (QED) is 0.299. The van der Waals surface area contributed by atoms with Gasteiger partial charge in [0.2, 0.25) is 0 Å². The maximum Gasteiger partial charge on any atom is 0.191 e. The first kappa shape index (κ1) is 25.1. The lowest BCUT2D eigenvalue weighted by atomic mass is 10.1. The standard InChI is InChI=1S/C21H33N5O2S.HI/c1-5-17-16(19(6-2)28-25-17)13-23-21(22-4)24-14-18(20-8-7-15(3)29-20)26-9-11-27-12-10-26;/h7-8,18H,5-6,9-14H2,1-4H3,(H2,22,23,24);1H. The molecule has 1 aliphatic heterocycles. The summed E-state index contributed by atoms with van der Waals surface area (Å²) >= 11 is 1.87. The van der Waals surface area contributed by atoms with Crippen molar-refractivity contribution in [2.45, 2.75) is 46.2 Å². The van der Waals surface area contributed by atoms with Gasteiger partial charge in [-0.25, -0.2) is 0 Å². The number of thiophene rings is 1. The summed E-state index contributed by atoms with van der Waals surface area (Å²) in [5.41, 5.74) is 2.17. The fourth-order valence-electron chi connectivity index (χ4n) is 3.66. The largest absolute Gasteiger partial charge is 0.379 e.